The summed E-state index contributed by atoms with van der Waals surface area (Å²) in [6, 6.07) is 1.43. The van der Waals surface area contributed by atoms with Gasteiger partial charge in [0.15, 0.2) is 0 Å². The molecule has 0 aliphatic carbocycles. The SMILES string of the molecule is CCN(CCO)Cc1occc1C(=O)O. The quantitative estimate of drug-likeness (QED) is 0.730. The third kappa shape index (κ3) is 3.07. The first kappa shape index (κ1) is 11.7. The lowest BCUT2D eigenvalue weighted by molar-refractivity contribution is 0.0692. The topological polar surface area (TPSA) is 73.9 Å². The number of carbonyl (C=O) groups is 1. The maximum atomic E-state index is 10.8. The fourth-order valence-corrected chi connectivity index (χ4v) is 1.35. The van der Waals surface area contributed by atoms with Gasteiger partial charge in [-0.3, -0.25) is 4.90 Å². The number of hydrogen-bond donors (Lipinski definition) is 2. The molecular formula is C10H15NO4. The highest BCUT2D eigenvalue weighted by molar-refractivity contribution is 5.88. The van der Waals surface area contributed by atoms with Crippen LogP contribution < -0.4 is 0 Å². The van der Waals surface area contributed by atoms with Crippen LogP contribution in [0.25, 0.3) is 0 Å². The van der Waals surface area contributed by atoms with Gasteiger partial charge in [-0.05, 0) is 12.6 Å². The Balaban J connectivity index is 2.70. The van der Waals surface area contributed by atoms with E-state index in [1.807, 2.05) is 11.8 Å². The summed E-state index contributed by atoms with van der Waals surface area (Å²) >= 11 is 0. The van der Waals surface area contributed by atoms with Crippen molar-refractivity contribution in [1.82, 2.24) is 4.90 Å². The minimum Gasteiger partial charge on any atom is -0.478 e. The molecule has 0 aliphatic heterocycles. The number of aromatic carboxylic acids is 1. The monoisotopic (exact) mass is 213 g/mol. The van der Waals surface area contributed by atoms with E-state index >= 15 is 0 Å². The largest absolute Gasteiger partial charge is 0.478 e. The van der Waals surface area contributed by atoms with Crippen LogP contribution >= 0.6 is 0 Å². The Morgan fingerprint density at radius 3 is 2.87 bits per heavy atom. The van der Waals surface area contributed by atoms with E-state index in [4.69, 9.17) is 14.6 Å². The van der Waals surface area contributed by atoms with Crippen molar-refractivity contribution in [2.45, 2.75) is 13.5 Å². The summed E-state index contributed by atoms with van der Waals surface area (Å²) in [4.78, 5) is 12.7. The molecule has 0 saturated heterocycles. The number of furan rings is 1. The van der Waals surface area contributed by atoms with Crippen LogP contribution in [0.1, 0.15) is 23.0 Å². The maximum absolute atomic E-state index is 10.8. The number of hydrogen-bond acceptors (Lipinski definition) is 4. The third-order valence-corrected chi connectivity index (χ3v) is 2.21. The lowest BCUT2D eigenvalue weighted by Gasteiger charge is -2.17. The number of carboxylic acid groups (broad SMARTS) is 1. The first-order valence-corrected chi connectivity index (χ1v) is 4.82. The van der Waals surface area contributed by atoms with E-state index in [-0.39, 0.29) is 12.2 Å². The summed E-state index contributed by atoms with van der Waals surface area (Å²) in [6.07, 6.45) is 1.37. The fraction of sp³-hybridized carbons (Fsp3) is 0.500. The molecule has 15 heavy (non-hydrogen) atoms. The third-order valence-electron chi connectivity index (χ3n) is 2.21. The molecule has 0 bridgehead atoms. The fourth-order valence-electron chi connectivity index (χ4n) is 1.35. The minimum atomic E-state index is -0.987. The lowest BCUT2D eigenvalue weighted by Crippen LogP contribution is -2.26. The molecule has 0 aliphatic rings. The van der Waals surface area contributed by atoms with Gasteiger partial charge in [-0.15, -0.1) is 0 Å². The maximum Gasteiger partial charge on any atom is 0.339 e. The predicted molar refractivity (Wildman–Crippen MR) is 53.7 cm³/mol. The Bertz CT molecular complexity index is 321. The summed E-state index contributed by atoms with van der Waals surface area (Å²) in [5.41, 5.74) is 0.186. The lowest BCUT2D eigenvalue weighted by atomic mass is 10.2. The smallest absolute Gasteiger partial charge is 0.339 e. The Labute approximate surface area is 87.9 Å². The van der Waals surface area contributed by atoms with Crippen molar-refractivity contribution in [3.63, 3.8) is 0 Å². The molecule has 0 radical (unpaired) electrons. The number of nitrogens with zero attached hydrogens (tertiary/aromatic N) is 1. The minimum absolute atomic E-state index is 0.0525. The normalized spacial score (nSPS) is 10.9. The van der Waals surface area contributed by atoms with Crippen molar-refractivity contribution in [2.75, 3.05) is 19.7 Å². The Morgan fingerprint density at radius 2 is 2.33 bits per heavy atom. The van der Waals surface area contributed by atoms with Crippen LogP contribution in [0.5, 0.6) is 0 Å². The van der Waals surface area contributed by atoms with Crippen molar-refractivity contribution in [3.05, 3.63) is 23.7 Å². The number of aliphatic hydroxyl groups is 1. The first-order chi connectivity index (χ1) is 7.19. The highest BCUT2D eigenvalue weighted by Gasteiger charge is 2.15. The zero-order valence-electron chi connectivity index (χ0n) is 8.64. The van der Waals surface area contributed by atoms with Crippen LogP contribution in [0.3, 0.4) is 0 Å². The van der Waals surface area contributed by atoms with Gasteiger partial charge in [0.25, 0.3) is 0 Å². The highest BCUT2D eigenvalue weighted by atomic mass is 16.4. The molecule has 84 valence electrons. The Morgan fingerprint density at radius 1 is 1.60 bits per heavy atom. The van der Waals surface area contributed by atoms with Crippen molar-refractivity contribution in [1.29, 1.82) is 0 Å². The zero-order chi connectivity index (χ0) is 11.3. The summed E-state index contributed by atoms with van der Waals surface area (Å²) in [6.45, 7) is 3.65. The Hall–Kier alpha value is -1.33. The molecule has 1 aromatic rings. The molecule has 5 nitrogen and oxygen atoms in total. The molecule has 1 rings (SSSR count). The molecule has 0 fully saturated rings. The summed E-state index contributed by atoms with van der Waals surface area (Å²) in [7, 11) is 0. The van der Waals surface area contributed by atoms with E-state index in [0.29, 0.717) is 18.8 Å². The van der Waals surface area contributed by atoms with Crippen molar-refractivity contribution < 1.29 is 19.4 Å². The van der Waals surface area contributed by atoms with Gasteiger partial charge < -0.3 is 14.6 Å². The predicted octanol–water partition coefficient (Wildman–Crippen LogP) is 0.792. The van der Waals surface area contributed by atoms with Gasteiger partial charge in [-0.25, -0.2) is 4.79 Å². The molecule has 0 spiro atoms. The molecule has 0 atom stereocenters. The molecule has 2 N–H and O–H groups in total. The van der Waals surface area contributed by atoms with E-state index < -0.39 is 5.97 Å². The number of carboxylic acids is 1. The van der Waals surface area contributed by atoms with Crippen LogP contribution in [-0.2, 0) is 6.54 Å². The van der Waals surface area contributed by atoms with Crippen LogP contribution in [0.15, 0.2) is 16.7 Å². The standard InChI is InChI=1S/C10H15NO4/c1-2-11(4-5-12)7-9-8(10(13)14)3-6-15-9/h3,6,12H,2,4-5,7H2,1H3,(H,13,14). The van der Waals surface area contributed by atoms with Crippen molar-refractivity contribution in [3.8, 4) is 0 Å². The van der Waals surface area contributed by atoms with Crippen molar-refractivity contribution in [2.24, 2.45) is 0 Å². The van der Waals surface area contributed by atoms with Gasteiger partial charge in [-0.1, -0.05) is 6.92 Å². The average Bonchev–Trinajstić information content (AvgIpc) is 2.65. The van der Waals surface area contributed by atoms with Gasteiger partial charge in [0.05, 0.1) is 19.4 Å². The Kier molecular flexibility index (Phi) is 4.33. The second-order valence-electron chi connectivity index (χ2n) is 3.15. The molecule has 0 amide bonds. The molecule has 0 aromatic carbocycles. The van der Waals surface area contributed by atoms with Gasteiger partial charge in [0.2, 0.25) is 0 Å². The van der Waals surface area contributed by atoms with Crippen LogP contribution in [0, 0.1) is 0 Å². The van der Waals surface area contributed by atoms with E-state index in [1.54, 1.807) is 0 Å². The van der Waals surface area contributed by atoms with Gasteiger partial charge in [-0.2, -0.15) is 0 Å². The molecule has 1 heterocycles. The van der Waals surface area contributed by atoms with Gasteiger partial charge in [0, 0.05) is 6.54 Å². The first-order valence-electron chi connectivity index (χ1n) is 4.82. The molecule has 0 saturated carbocycles. The number of aliphatic hydroxyl groups excluding tert-OH is 1. The zero-order valence-corrected chi connectivity index (χ0v) is 8.64. The van der Waals surface area contributed by atoms with E-state index in [1.165, 1.54) is 12.3 Å². The second kappa shape index (κ2) is 5.53. The van der Waals surface area contributed by atoms with Crippen LogP contribution in [-0.4, -0.2) is 40.8 Å². The number of rotatable bonds is 6. The molecule has 0 unspecified atom stereocenters. The summed E-state index contributed by atoms with van der Waals surface area (Å²) < 4.78 is 5.10. The van der Waals surface area contributed by atoms with Crippen LogP contribution in [0.2, 0.25) is 0 Å². The average molecular weight is 213 g/mol. The molecule has 5 heteroatoms. The van der Waals surface area contributed by atoms with Crippen molar-refractivity contribution >= 4 is 5.97 Å². The molecule has 1 aromatic heterocycles. The van der Waals surface area contributed by atoms with Gasteiger partial charge in [0.1, 0.15) is 11.3 Å². The second-order valence-corrected chi connectivity index (χ2v) is 3.15. The van der Waals surface area contributed by atoms with E-state index in [0.717, 1.165) is 6.54 Å². The van der Waals surface area contributed by atoms with E-state index in [2.05, 4.69) is 0 Å². The summed E-state index contributed by atoms with van der Waals surface area (Å²) in [5, 5.41) is 17.6. The summed E-state index contributed by atoms with van der Waals surface area (Å²) in [5.74, 6) is -0.559. The molecular weight excluding hydrogens is 198 g/mol. The van der Waals surface area contributed by atoms with Crippen LogP contribution in [0.4, 0.5) is 0 Å². The highest BCUT2D eigenvalue weighted by Crippen LogP contribution is 2.13. The number of likely N-dealkylation sites (N-methyl/N-ethyl adjacent to an activating group) is 1. The van der Waals surface area contributed by atoms with E-state index in [9.17, 15) is 4.79 Å². The van der Waals surface area contributed by atoms with Gasteiger partial charge >= 0.3 is 5.97 Å².